The van der Waals surface area contributed by atoms with Crippen LogP contribution in [0.4, 0.5) is 17.6 Å². The second kappa shape index (κ2) is 8.28. The number of aliphatic imine (C=N–C) groups is 1. The zero-order chi connectivity index (χ0) is 18.4. The van der Waals surface area contributed by atoms with Gasteiger partial charge < -0.3 is 10.6 Å². The van der Waals surface area contributed by atoms with E-state index in [1.807, 2.05) is 12.3 Å². The first-order valence-corrected chi connectivity index (χ1v) is 8.45. The maximum Gasteiger partial charge on any atom is 0.416 e. The first-order valence-electron chi connectivity index (χ1n) is 7.57. The van der Waals surface area contributed by atoms with E-state index in [-0.39, 0.29) is 12.1 Å². The fourth-order valence-corrected chi connectivity index (χ4v) is 2.88. The standard InChI is InChI=1S/C16H18F4N4S/c1-3-14-24-12(9-25-14)8-23-15(21-2)22-7-10-4-5-11(17)6-13(10)16(18,19)20/h4-6,9H,3,7-8H2,1-2H3,(H2,21,22,23). The van der Waals surface area contributed by atoms with E-state index in [2.05, 4.69) is 20.6 Å². The number of alkyl halides is 3. The quantitative estimate of drug-likeness (QED) is 0.476. The normalized spacial score (nSPS) is 12.3. The fraction of sp³-hybridized carbons (Fsp3) is 0.375. The average Bonchev–Trinajstić information content (AvgIpc) is 3.03. The molecule has 1 aromatic heterocycles. The maximum absolute atomic E-state index is 13.1. The van der Waals surface area contributed by atoms with Crippen molar-refractivity contribution in [3.8, 4) is 0 Å². The molecule has 4 nitrogen and oxygen atoms in total. The van der Waals surface area contributed by atoms with E-state index in [0.717, 1.165) is 29.3 Å². The zero-order valence-electron chi connectivity index (χ0n) is 13.7. The second-order valence-corrected chi connectivity index (χ2v) is 6.11. The number of guanidine groups is 1. The Bertz CT molecular complexity index is 740. The molecule has 0 radical (unpaired) electrons. The molecule has 9 heteroatoms. The van der Waals surface area contributed by atoms with Crippen molar-refractivity contribution in [1.29, 1.82) is 0 Å². The number of rotatable bonds is 5. The van der Waals surface area contributed by atoms with Crippen LogP contribution in [0.5, 0.6) is 0 Å². The van der Waals surface area contributed by atoms with Crippen molar-refractivity contribution in [2.45, 2.75) is 32.6 Å². The van der Waals surface area contributed by atoms with E-state index in [0.29, 0.717) is 18.6 Å². The van der Waals surface area contributed by atoms with Crippen molar-refractivity contribution in [2.24, 2.45) is 4.99 Å². The number of hydrogen-bond donors (Lipinski definition) is 2. The van der Waals surface area contributed by atoms with Gasteiger partial charge >= 0.3 is 6.18 Å². The van der Waals surface area contributed by atoms with Gasteiger partial charge in [-0.3, -0.25) is 4.99 Å². The third-order valence-electron chi connectivity index (χ3n) is 3.39. The molecule has 1 aromatic carbocycles. The Morgan fingerprint density at radius 1 is 1.24 bits per heavy atom. The summed E-state index contributed by atoms with van der Waals surface area (Å²) >= 11 is 1.55. The number of hydrogen-bond acceptors (Lipinski definition) is 3. The Kier molecular flexibility index (Phi) is 6.35. The van der Waals surface area contributed by atoms with Gasteiger partial charge in [0.15, 0.2) is 5.96 Å². The predicted octanol–water partition coefficient (Wildman–Crippen LogP) is 3.73. The molecule has 0 saturated carbocycles. The van der Waals surface area contributed by atoms with Gasteiger partial charge in [0.2, 0.25) is 0 Å². The molecule has 136 valence electrons. The molecule has 0 aliphatic heterocycles. The summed E-state index contributed by atoms with van der Waals surface area (Å²) < 4.78 is 52.1. The van der Waals surface area contributed by atoms with Crippen LogP contribution in [0.15, 0.2) is 28.6 Å². The highest BCUT2D eigenvalue weighted by molar-refractivity contribution is 7.09. The number of nitrogens with one attached hydrogen (secondary N) is 2. The third kappa shape index (κ3) is 5.42. The van der Waals surface area contributed by atoms with E-state index < -0.39 is 17.6 Å². The first kappa shape index (κ1) is 19.2. The monoisotopic (exact) mass is 374 g/mol. The maximum atomic E-state index is 13.1. The Balaban J connectivity index is 1.99. The van der Waals surface area contributed by atoms with Crippen LogP contribution in [0.2, 0.25) is 0 Å². The van der Waals surface area contributed by atoms with Gasteiger partial charge in [-0.1, -0.05) is 13.0 Å². The van der Waals surface area contributed by atoms with Gasteiger partial charge in [0.1, 0.15) is 5.82 Å². The van der Waals surface area contributed by atoms with E-state index in [1.165, 1.54) is 7.05 Å². The van der Waals surface area contributed by atoms with Crippen molar-refractivity contribution in [2.75, 3.05) is 7.05 Å². The molecule has 2 rings (SSSR count). The molecule has 0 fully saturated rings. The number of halogens is 4. The van der Waals surface area contributed by atoms with Gasteiger partial charge in [0.05, 0.1) is 22.8 Å². The van der Waals surface area contributed by atoms with Crippen LogP contribution in [-0.4, -0.2) is 18.0 Å². The minimum absolute atomic E-state index is 0.0567. The van der Waals surface area contributed by atoms with Crippen LogP contribution in [0.25, 0.3) is 0 Å². The molecular formula is C16H18F4N4S. The molecule has 2 aromatic rings. The van der Waals surface area contributed by atoms with Gasteiger partial charge in [0, 0.05) is 19.0 Å². The number of benzene rings is 1. The van der Waals surface area contributed by atoms with Gasteiger partial charge in [-0.05, 0) is 24.1 Å². The van der Waals surface area contributed by atoms with Gasteiger partial charge in [-0.2, -0.15) is 13.2 Å². The summed E-state index contributed by atoms with van der Waals surface area (Å²) in [4.78, 5) is 8.36. The van der Waals surface area contributed by atoms with Gasteiger partial charge in [-0.25, -0.2) is 9.37 Å². The number of aromatic nitrogens is 1. The molecule has 2 N–H and O–H groups in total. The lowest BCUT2D eigenvalue weighted by molar-refractivity contribution is -0.138. The summed E-state index contributed by atoms with van der Waals surface area (Å²) in [6.45, 7) is 2.29. The van der Waals surface area contributed by atoms with Crippen LogP contribution in [0.1, 0.15) is 28.8 Å². The van der Waals surface area contributed by atoms with Crippen molar-refractivity contribution >= 4 is 17.3 Å². The molecule has 0 unspecified atom stereocenters. The summed E-state index contributed by atoms with van der Waals surface area (Å²) in [5, 5.41) is 8.72. The largest absolute Gasteiger partial charge is 0.416 e. The van der Waals surface area contributed by atoms with E-state index in [4.69, 9.17) is 0 Å². The van der Waals surface area contributed by atoms with Crippen LogP contribution in [0.3, 0.4) is 0 Å². The minimum Gasteiger partial charge on any atom is -0.352 e. The average molecular weight is 374 g/mol. The van der Waals surface area contributed by atoms with Crippen LogP contribution in [-0.2, 0) is 25.7 Å². The lowest BCUT2D eigenvalue weighted by Crippen LogP contribution is -2.36. The molecule has 0 saturated heterocycles. The topological polar surface area (TPSA) is 49.3 Å². The number of aryl methyl sites for hydroxylation is 1. The molecule has 25 heavy (non-hydrogen) atoms. The molecule has 0 atom stereocenters. The van der Waals surface area contributed by atoms with E-state index in [1.54, 1.807) is 11.3 Å². The number of thiazole rings is 1. The molecule has 0 spiro atoms. The summed E-state index contributed by atoms with van der Waals surface area (Å²) in [6, 6.07) is 2.62. The lowest BCUT2D eigenvalue weighted by atomic mass is 10.1. The highest BCUT2D eigenvalue weighted by Crippen LogP contribution is 2.32. The molecule has 0 amide bonds. The van der Waals surface area contributed by atoms with Gasteiger partial charge in [-0.15, -0.1) is 11.3 Å². The van der Waals surface area contributed by atoms with E-state index >= 15 is 0 Å². The molecule has 0 aliphatic carbocycles. The second-order valence-electron chi connectivity index (χ2n) is 5.16. The highest BCUT2D eigenvalue weighted by atomic mass is 32.1. The van der Waals surface area contributed by atoms with Crippen LogP contribution in [0, 0.1) is 5.82 Å². The van der Waals surface area contributed by atoms with Crippen molar-refractivity contribution < 1.29 is 17.6 Å². The number of nitrogens with zero attached hydrogens (tertiary/aromatic N) is 2. The van der Waals surface area contributed by atoms with Crippen molar-refractivity contribution in [3.05, 3.63) is 51.2 Å². The minimum atomic E-state index is -4.62. The van der Waals surface area contributed by atoms with Crippen LogP contribution >= 0.6 is 11.3 Å². The summed E-state index contributed by atoms with van der Waals surface area (Å²) in [6.07, 6.45) is -3.77. The lowest BCUT2D eigenvalue weighted by Gasteiger charge is -2.15. The zero-order valence-corrected chi connectivity index (χ0v) is 14.6. The fourth-order valence-electron chi connectivity index (χ4n) is 2.13. The Labute approximate surface area is 147 Å². The predicted molar refractivity (Wildman–Crippen MR) is 89.9 cm³/mol. The first-order chi connectivity index (χ1) is 11.8. The Hall–Kier alpha value is -2.16. The Morgan fingerprint density at radius 3 is 2.56 bits per heavy atom. The van der Waals surface area contributed by atoms with Crippen LogP contribution < -0.4 is 10.6 Å². The summed E-state index contributed by atoms with van der Waals surface area (Å²) in [7, 11) is 1.52. The summed E-state index contributed by atoms with van der Waals surface area (Å²) in [5.41, 5.74) is -0.219. The smallest absolute Gasteiger partial charge is 0.352 e. The third-order valence-corrected chi connectivity index (χ3v) is 4.43. The molecule has 0 aliphatic rings. The summed E-state index contributed by atoms with van der Waals surface area (Å²) in [5.74, 6) is -0.586. The Morgan fingerprint density at radius 2 is 1.96 bits per heavy atom. The highest BCUT2D eigenvalue weighted by Gasteiger charge is 2.33. The molecular weight excluding hydrogens is 356 g/mol. The van der Waals surface area contributed by atoms with E-state index in [9.17, 15) is 17.6 Å². The van der Waals surface area contributed by atoms with Crippen molar-refractivity contribution in [3.63, 3.8) is 0 Å². The van der Waals surface area contributed by atoms with Gasteiger partial charge in [0.25, 0.3) is 0 Å². The molecule has 0 bridgehead atoms. The molecule has 1 heterocycles. The van der Waals surface area contributed by atoms with Crippen molar-refractivity contribution in [1.82, 2.24) is 15.6 Å². The SMILES string of the molecule is CCc1nc(CNC(=NC)NCc2ccc(F)cc2C(F)(F)F)cs1.